The van der Waals surface area contributed by atoms with Crippen molar-refractivity contribution in [2.75, 3.05) is 13.7 Å². The van der Waals surface area contributed by atoms with E-state index in [2.05, 4.69) is 13.0 Å². The smallest absolute Gasteiger partial charge is 0.315 e. The van der Waals surface area contributed by atoms with Crippen LogP contribution in [0.1, 0.15) is 53.4 Å². The zero-order valence-corrected chi connectivity index (χ0v) is 24.3. The number of ether oxygens (including phenoxy) is 3. The molecule has 36 heavy (non-hydrogen) atoms. The molecular weight excluding hydrogens is 475 g/mol. The molecule has 0 aromatic rings. The number of aliphatic hydroxyl groups is 2. The molecule has 1 aliphatic heterocycles. The van der Waals surface area contributed by atoms with Gasteiger partial charge in [0.05, 0.1) is 18.1 Å². The summed E-state index contributed by atoms with van der Waals surface area (Å²) in [5.74, 6) is -0.358. The van der Waals surface area contributed by atoms with Crippen LogP contribution in [0, 0.1) is 45.8 Å². The van der Waals surface area contributed by atoms with Gasteiger partial charge in [0.15, 0.2) is 6.29 Å². The molecule has 197 valence electrons. The Labute approximate surface area is 235 Å². The first-order valence-corrected chi connectivity index (χ1v) is 13.1. The molecule has 0 spiro atoms. The van der Waals surface area contributed by atoms with Crippen molar-refractivity contribution in [1.82, 2.24) is 0 Å². The number of methoxy groups -OCH3 is 1. The number of carbonyl (C=O) groups excluding carboxylic acids is 1. The standard InChI is InChI=1S/C27H40O8.Na/c1-13(2)19-8-16-9-25(11-28)18-7-6-14(3)17(18)10-26(16,27(19,25)24(31)32)12-34-23-21(30)20(29)22(33-5)15(4)35-23;/h8,11,13-18,20-23,29-30H,6-7,9-10,12H2,1-5H3,(H,31,32);/t14-,15-,16+,17-,18-,20+,21+,22-,23-,25+,26+,27+;/m1./s1. The second kappa shape index (κ2) is 9.70. The number of carbonyl (C=O) groups is 2. The van der Waals surface area contributed by atoms with Crippen molar-refractivity contribution in [2.45, 2.75) is 84.1 Å². The molecule has 1 heterocycles. The molecule has 0 aromatic heterocycles. The third-order valence-electron chi connectivity index (χ3n) is 10.7. The van der Waals surface area contributed by atoms with Crippen LogP contribution in [0.5, 0.6) is 0 Å². The van der Waals surface area contributed by atoms with Gasteiger partial charge >= 0.3 is 5.97 Å². The first-order valence-electron chi connectivity index (χ1n) is 13.1. The molecular formula is C27H40NaO8. The van der Waals surface area contributed by atoms with Gasteiger partial charge in [-0.1, -0.05) is 38.8 Å². The van der Waals surface area contributed by atoms with Gasteiger partial charge in [0.25, 0.3) is 0 Å². The summed E-state index contributed by atoms with van der Waals surface area (Å²) < 4.78 is 17.4. The maximum absolute atomic E-state index is 13.5. The van der Waals surface area contributed by atoms with Crippen molar-refractivity contribution in [3.05, 3.63) is 11.6 Å². The van der Waals surface area contributed by atoms with Crippen LogP contribution in [0.3, 0.4) is 0 Å². The van der Waals surface area contributed by atoms with Gasteiger partial charge in [0, 0.05) is 42.1 Å². The molecule has 0 unspecified atom stereocenters. The molecule has 9 heteroatoms. The van der Waals surface area contributed by atoms with Crippen LogP contribution in [-0.2, 0) is 23.8 Å². The van der Waals surface area contributed by atoms with E-state index >= 15 is 0 Å². The summed E-state index contributed by atoms with van der Waals surface area (Å²) in [7, 11) is 1.45. The maximum atomic E-state index is 13.5. The Balaban J connectivity index is 0.00000304. The van der Waals surface area contributed by atoms with Crippen LogP contribution in [0.25, 0.3) is 0 Å². The molecule has 1 saturated heterocycles. The zero-order valence-electron chi connectivity index (χ0n) is 22.3. The van der Waals surface area contributed by atoms with E-state index in [0.717, 1.165) is 24.7 Å². The molecule has 4 fully saturated rings. The largest absolute Gasteiger partial charge is 0.481 e. The van der Waals surface area contributed by atoms with Crippen LogP contribution in [0.4, 0.5) is 0 Å². The molecule has 3 N–H and O–H groups in total. The number of carboxylic acids is 1. The quantitative estimate of drug-likeness (QED) is 0.268. The average Bonchev–Trinajstić information content (AvgIpc) is 3.38. The number of hydrogen-bond acceptors (Lipinski definition) is 7. The molecule has 5 aliphatic rings. The van der Waals surface area contributed by atoms with Gasteiger partial charge in [-0.05, 0) is 55.8 Å². The van der Waals surface area contributed by atoms with E-state index in [0.29, 0.717) is 18.8 Å². The van der Waals surface area contributed by atoms with Crippen LogP contribution in [0.15, 0.2) is 11.6 Å². The van der Waals surface area contributed by atoms with Gasteiger partial charge in [-0.25, -0.2) is 0 Å². The van der Waals surface area contributed by atoms with Gasteiger partial charge < -0.3 is 34.3 Å². The Hall–Kier alpha value is -0.320. The molecule has 8 nitrogen and oxygen atoms in total. The van der Waals surface area contributed by atoms with E-state index in [-0.39, 0.29) is 59.8 Å². The van der Waals surface area contributed by atoms with Crippen molar-refractivity contribution in [3.63, 3.8) is 0 Å². The van der Waals surface area contributed by atoms with Gasteiger partial charge in [-0.3, -0.25) is 4.79 Å². The average molecular weight is 516 g/mol. The molecule has 5 rings (SSSR count). The van der Waals surface area contributed by atoms with E-state index < -0.39 is 52.9 Å². The SMILES string of the molecule is CO[C@H]1[C@@H](O)[C@H](O)[C@H](OC[C@@]23C[C@@H]4[C@H](C)CC[C@H]4[C@@]4(C=O)C[C@@H]2C=C(C(C)C)[C@@]34C(=O)O)O[C@@H]1C.[Na]. The van der Waals surface area contributed by atoms with Gasteiger partial charge in [-0.15, -0.1) is 0 Å². The van der Waals surface area contributed by atoms with Crippen molar-refractivity contribution < 1.29 is 39.1 Å². The first-order chi connectivity index (χ1) is 16.5. The van der Waals surface area contributed by atoms with Gasteiger partial charge in [0.2, 0.25) is 0 Å². The third-order valence-corrected chi connectivity index (χ3v) is 10.7. The number of aliphatic hydroxyl groups excluding tert-OH is 2. The van der Waals surface area contributed by atoms with Crippen LogP contribution >= 0.6 is 0 Å². The monoisotopic (exact) mass is 515 g/mol. The summed E-state index contributed by atoms with van der Waals surface area (Å²) in [6.07, 6.45) is 1.32. The summed E-state index contributed by atoms with van der Waals surface area (Å²) in [6, 6.07) is 0. The summed E-state index contributed by atoms with van der Waals surface area (Å²) in [6.45, 7) is 8.02. The van der Waals surface area contributed by atoms with Gasteiger partial charge in [-0.2, -0.15) is 0 Å². The Kier molecular flexibility index (Phi) is 7.73. The number of allylic oxidation sites excluding steroid dienone is 1. The summed E-state index contributed by atoms with van der Waals surface area (Å²) in [5, 5.41) is 32.3. The molecule has 0 aromatic carbocycles. The Morgan fingerprint density at radius 3 is 2.50 bits per heavy atom. The summed E-state index contributed by atoms with van der Waals surface area (Å²) in [5.41, 5.74) is -2.28. The van der Waals surface area contributed by atoms with Crippen LogP contribution in [-0.4, -0.2) is 102 Å². The van der Waals surface area contributed by atoms with Crippen molar-refractivity contribution in [3.8, 4) is 0 Å². The number of carboxylic acid groups (broad SMARTS) is 1. The second-order valence-electron chi connectivity index (χ2n) is 12.2. The fourth-order valence-corrected chi connectivity index (χ4v) is 9.34. The number of hydrogen-bond donors (Lipinski definition) is 3. The molecule has 12 atom stereocenters. The van der Waals surface area contributed by atoms with E-state index in [4.69, 9.17) is 14.2 Å². The maximum Gasteiger partial charge on any atom is 0.315 e. The molecule has 4 bridgehead atoms. The predicted molar refractivity (Wildman–Crippen MR) is 131 cm³/mol. The fraction of sp³-hybridized carbons (Fsp3) is 0.852. The first kappa shape index (κ1) is 28.7. The topological polar surface area (TPSA) is 123 Å². The minimum Gasteiger partial charge on any atom is -0.481 e. The van der Waals surface area contributed by atoms with Crippen molar-refractivity contribution in [2.24, 2.45) is 45.8 Å². The summed E-state index contributed by atoms with van der Waals surface area (Å²) >= 11 is 0. The van der Waals surface area contributed by atoms with Crippen LogP contribution in [0.2, 0.25) is 0 Å². The normalized spacial score (nSPS) is 51.0. The molecule has 4 aliphatic carbocycles. The Morgan fingerprint density at radius 2 is 1.92 bits per heavy atom. The van der Waals surface area contributed by atoms with Crippen molar-refractivity contribution in [1.29, 1.82) is 0 Å². The zero-order chi connectivity index (χ0) is 25.5. The van der Waals surface area contributed by atoms with Gasteiger partial charge in [0.1, 0.15) is 30.0 Å². The number of aldehydes is 1. The molecule has 1 radical (unpaired) electrons. The fourth-order valence-electron chi connectivity index (χ4n) is 9.34. The molecule has 3 saturated carbocycles. The number of rotatable bonds is 7. The Bertz CT molecular complexity index is 923. The predicted octanol–water partition coefficient (Wildman–Crippen LogP) is 2.03. The Morgan fingerprint density at radius 1 is 1.22 bits per heavy atom. The van der Waals surface area contributed by atoms with E-state index in [1.807, 2.05) is 13.8 Å². The molecule has 0 amide bonds. The van der Waals surface area contributed by atoms with Crippen LogP contribution < -0.4 is 0 Å². The summed E-state index contributed by atoms with van der Waals surface area (Å²) in [4.78, 5) is 26.5. The number of aliphatic carboxylic acids is 1. The minimum absolute atomic E-state index is 0. The minimum atomic E-state index is -1.34. The van der Waals surface area contributed by atoms with E-state index in [1.165, 1.54) is 7.11 Å². The van der Waals surface area contributed by atoms with E-state index in [1.54, 1.807) is 6.92 Å². The van der Waals surface area contributed by atoms with Crippen molar-refractivity contribution >= 4 is 41.8 Å². The second-order valence-corrected chi connectivity index (χ2v) is 12.2. The van der Waals surface area contributed by atoms with E-state index in [9.17, 15) is 24.9 Å². The third kappa shape index (κ3) is 3.35. The number of fused-ring (bicyclic) bond motifs is 2.